The molecule has 1 saturated heterocycles. The van der Waals surface area contributed by atoms with Gasteiger partial charge >= 0.3 is 0 Å². The van der Waals surface area contributed by atoms with Crippen LogP contribution in [0.3, 0.4) is 0 Å². The number of hydroxylamine groups is 1. The van der Waals surface area contributed by atoms with Gasteiger partial charge in [-0.3, -0.25) is 19.7 Å². The van der Waals surface area contributed by atoms with E-state index in [0.717, 1.165) is 12.0 Å². The number of carbonyl (C=O) groups excluding carboxylic acids is 1. The van der Waals surface area contributed by atoms with Crippen molar-refractivity contribution in [1.29, 1.82) is 0 Å². The highest BCUT2D eigenvalue weighted by Gasteiger charge is 2.53. The van der Waals surface area contributed by atoms with E-state index in [-0.39, 0.29) is 35.9 Å². The molecule has 8 heteroatoms. The molecule has 146 valence electrons. The van der Waals surface area contributed by atoms with Crippen molar-refractivity contribution < 1.29 is 19.7 Å². The van der Waals surface area contributed by atoms with Crippen LogP contribution in [0.25, 0.3) is 0 Å². The number of rotatable bonds is 5. The summed E-state index contributed by atoms with van der Waals surface area (Å²) in [4.78, 5) is 29.5. The number of aliphatic hydroxyl groups is 1. The van der Waals surface area contributed by atoms with Crippen LogP contribution in [-0.2, 0) is 4.84 Å². The van der Waals surface area contributed by atoms with Gasteiger partial charge in [0.2, 0.25) is 0 Å². The number of nitrogens with one attached hydrogen (secondary N) is 1. The van der Waals surface area contributed by atoms with Gasteiger partial charge in [-0.1, -0.05) is 13.8 Å². The minimum Gasteiger partial charge on any atom is -0.395 e. The highest BCUT2D eigenvalue weighted by atomic mass is 16.7. The van der Waals surface area contributed by atoms with E-state index < -0.39 is 16.4 Å². The molecular formula is C19H25N3O5. The van der Waals surface area contributed by atoms with Crippen molar-refractivity contribution >= 4 is 17.3 Å². The monoisotopic (exact) mass is 375 g/mol. The molecule has 2 unspecified atom stereocenters. The highest BCUT2D eigenvalue weighted by Crippen LogP contribution is 2.52. The lowest BCUT2D eigenvalue weighted by molar-refractivity contribution is -0.384. The number of nitro benzene ring substituents is 1. The number of anilines is 1. The van der Waals surface area contributed by atoms with Crippen LogP contribution in [0.2, 0.25) is 0 Å². The standard InChI is InChI=1S/C19H25N3O5/c1-12-10-19(4)11-18(2,3)16(12)21(27-19)14-6-5-13(9-15(14)22(25)26)17(24)20-7-8-23/h5-6,9-10,16,23H,7-8,11H2,1-4H3,(H,20,24). The second-order valence-corrected chi connectivity index (χ2v) is 8.13. The van der Waals surface area contributed by atoms with Gasteiger partial charge in [0.1, 0.15) is 11.3 Å². The largest absolute Gasteiger partial charge is 0.395 e. The van der Waals surface area contributed by atoms with E-state index in [9.17, 15) is 14.9 Å². The Kier molecular flexibility index (Phi) is 4.73. The molecule has 0 spiro atoms. The van der Waals surface area contributed by atoms with Crippen molar-refractivity contribution in [2.45, 2.75) is 45.8 Å². The molecule has 2 N–H and O–H groups in total. The first-order valence-corrected chi connectivity index (χ1v) is 8.93. The molecule has 2 heterocycles. The third-order valence-electron chi connectivity index (χ3n) is 5.12. The van der Waals surface area contributed by atoms with Crippen LogP contribution < -0.4 is 10.4 Å². The number of amides is 1. The summed E-state index contributed by atoms with van der Waals surface area (Å²) in [6, 6.07) is 4.21. The summed E-state index contributed by atoms with van der Waals surface area (Å²) in [5, 5.41) is 24.7. The Balaban J connectivity index is 2.03. The fraction of sp³-hybridized carbons (Fsp3) is 0.526. The van der Waals surface area contributed by atoms with E-state index in [2.05, 4.69) is 25.2 Å². The van der Waals surface area contributed by atoms with Gasteiger partial charge in [0.25, 0.3) is 11.6 Å². The Morgan fingerprint density at radius 1 is 1.44 bits per heavy atom. The number of fused-ring (bicyclic) bond motifs is 2. The number of nitro groups is 1. The fourth-order valence-electron chi connectivity index (χ4n) is 4.52. The van der Waals surface area contributed by atoms with Crippen LogP contribution in [0.4, 0.5) is 11.4 Å². The zero-order valence-corrected chi connectivity index (χ0v) is 16.0. The number of hydrogen-bond acceptors (Lipinski definition) is 6. The van der Waals surface area contributed by atoms with Gasteiger partial charge in [-0.25, -0.2) is 5.06 Å². The average molecular weight is 375 g/mol. The van der Waals surface area contributed by atoms with E-state index in [1.165, 1.54) is 12.1 Å². The quantitative estimate of drug-likeness (QED) is 0.466. The van der Waals surface area contributed by atoms with E-state index >= 15 is 0 Å². The Labute approximate surface area is 157 Å². The molecule has 3 aliphatic rings. The number of nitrogens with zero attached hydrogens (tertiary/aromatic N) is 2. The van der Waals surface area contributed by atoms with Gasteiger partial charge in [-0.2, -0.15) is 0 Å². The van der Waals surface area contributed by atoms with Crippen molar-refractivity contribution in [2.24, 2.45) is 5.41 Å². The van der Waals surface area contributed by atoms with Crippen LogP contribution in [0, 0.1) is 15.5 Å². The number of carbonyl (C=O) groups is 1. The van der Waals surface area contributed by atoms with Crippen LogP contribution in [0.5, 0.6) is 0 Å². The highest BCUT2D eigenvalue weighted by molar-refractivity contribution is 5.95. The molecule has 1 amide bonds. The molecule has 8 nitrogen and oxygen atoms in total. The predicted octanol–water partition coefficient (Wildman–Crippen LogP) is 2.57. The maximum absolute atomic E-state index is 12.1. The normalized spacial score (nSPS) is 25.9. The predicted molar refractivity (Wildman–Crippen MR) is 100 cm³/mol. The van der Waals surface area contributed by atoms with Gasteiger partial charge in [-0.15, -0.1) is 0 Å². The van der Waals surface area contributed by atoms with E-state index in [0.29, 0.717) is 5.69 Å². The minimum atomic E-state index is -0.534. The lowest BCUT2D eigenvalue weighted by atomic mass is 9.66. The zero-order valence-electron chi connectivity index (χ0n) is 16.0. The molecule has 2 aliphatic heterocycles. The van der Waals surface area contributed by atoms with E-state index in [1.54, 1.807) is 11.1 Å². The molecular weight excluding hydrogens is 350 g/mol. The van der Waals surface area contributed by atoms with E-state index in [4.69, 9.17) is 9.94 Å². The average Bonchev–Trinajstić information content (AvgIpc) is 2.56. The number of benzene rings is 1. The molecule has 0 radical (unpaired) electrons. The minimum absolute atomic E-state index is 0.0855. The molecule has 2 bridgehead atoms. The lowest BCUT2D eigenvalue weighted by Gasteiger charge is -2.57. The Morgan fingerprint density at radius 2 is 2.15 bits per heavy atom. The zero-order chi connectivity index (χ0) is 20.0. The van der Waals surface area contributed by atoms with Gasteiger partial charge in [0, 0.05) is 18.2 Å². The Hall–Kier alpha value is -2.45. The molecule has 27 heavy (non-hydrogen) atoms. The Bertz CT molecular complexity index is 820. The summed E-state index contributed by atoms with van der Waals surface area (Å²) in [5.74, 6) is -0.469. The molecule has 2 atom stereocenters. The second kappa shape index (κ2) is 6.61. The third kappa shape index (κ3) is 3.42. The molecule has 1 fully saturated rings. The summed E-state index contributed by atoms with van der Waals surface area (Å²) < 4.78 is 0. The van der Waals surface area contributed by atoms with Crippen molar-refractivity contribution in [3.05, 3.63) is 45.5 Å². The van der Waals surface area contributed by atoms with Gasteiger partial charge in [0.05, 0.1) is 17.6 Å². The summed E-state index contributed by atoms with van der Waals surface area (Å²) in [7, 11) is 0. The van der Waals surface area contributed by atoms with Crippen molar-refractivity contribution in [3.8, 4) is 0 Å². The summed E-state index contributed by atoms with van der Waals surface area (Å²) in [6.07, 6.45) is 2.90. The molecule has 0 aromatic heterocycles. The van der Waals surface area contributed by atoms with Crippen LogP contribution in [0.1, 0.15) is 44.5 Å². The number of hydrogen-bond donors (Lipinski definition) is 2. The molecule has 0 saturated carbocycles. The first kappa shape index (κ1) is 19.3. The first-order valence-electron chi connectivity index (χ1n) is 8.93. The molecule has 1 aliphatic carbocycles. The fourth-order valence-corrected chi connectivity index (χ4v) is 4.52. The molecule has 1 aromatic carbocycles. The topological polar surface area (TPSA) is 105 Å². The van der Waals surface area contributed by atoms with Crippen LogP contribution in [0.15, 0.2) is 29.8 Å². The van der Waals surface area contributed by atoms with Gasteiger partial charge in [0.15, 0.2) is 0 Å². The maximum Gasteiger partial charge on any atom is 0.295 e. The van der Waals surface area contributed by atoms with E-state index in [1.807, 2.05) is 13.8 Å². The third-order valence-corrected chi connectivity index (χ3v) is 5.12. The summed E-state index contributed by atoms with van der Waals surface area (Å²) in [6.45, 7) is 8.14. The smallest absolute Gasteiger partial charge is 0.295 e. The summed E-state index contributed by atoms with van der Waals surface area (Å²) in [5.41, 5.74) is 0.754. The SMILES string of the molecule is CC1=CC2(C)CC(C)(C)C1N(c1ccc(C(=O)NCCO)cc1[N+](=O)[O-])O2. The first-order chi connectivity index (χ1) is 12.6. The molecule has 1 aromatic rings. The Morgan fingerprint density at radius 3 is 2.70 bits per heavy atom. The van der Waals surface area contributed by atoms with Gasteiger partial charge in [-0.05, 0) is 49.5 Å². The lowest BCUT2D eigenvalue weighted by Crippen LogP contribution is -2.61. The van der Waals surface area contributed by atoms with Crippen LogP contribution in [-0.4, -0.2) is 40.7 Å². The molecule has 4 rings (SSSR count). The van der Waals surface area contributed by atoms with Crippen molar-refractivity contribution in [3.63, 3.8) is 0 Å². The van der Waals surface area contributed by atoms with Gasteiger partial charge < -0.3 is 10.4 Å². The van der Waals surface area contributed by atoms with Crippen molar-refractivity contribution in [1.82, 2.24) is 5.32 Å². The maximum atomic E-state index is 12.1. The summed E-state index contributed by atoms with van der Waals surface area (Å²) >= 11 is 0. The van der Waals surface area contributed by atoms with Crippen molar-refractivity contribution in [2.75, 3.05) is 18.2 Å². The second-order valence-electron chi connectivity index (χ2n) is 8.13. The van der Waals surface area contributed by atoms with Crippen LogP contribution >= 0.6 is 0 Å². The number of aliphatic hydroxyl groups excluding tert-OH is 1.